The van der Waals surface area contributed by atoms with Crippen molar-refractivity contribution in [1.29, 1.82) is 0 Å². The van der Waals surface area contributed by atoms with E-state index in [1.54, 1.807) is 0 Å². The van der Waals surface area contributed by atoms with Gasteiger partial charge in [0.25, 0.3) is 0 Å². The Morgan fingerprint density at radius 1 is 1.11 bits per heavy atom. The highest BCUT2D eigenvalue weighted by Gasteiger charge is 2.19. The molecule has 1 fully saturated rings. The molecule has 0 aliphatic carbocycles. The lowest BCUT2D eigenvalue weighted by Crippen LogP contribution is -2.34. The molecule has 1 aliphatic heterocycles. The molecule has 0 radical (unpaired) electrons. The Kier molecular flexibility index (Phi) is 2.97. The van der Waals surface area contributed by atoms with Crippen LogP contribution in [0.25, 0.3) is 10.9 Å². The van der Waals surface area contributed by atoms with Gasteiger partial charge in [0, 0.05) is 24.4 Å². The second-order valence-electron chi connectivity index (χ2n) is 4.82. The van der Waals surface area contributed by atoms with Gasteiger partial charge in [-0.1, -0.05) is 18.2 Å². The fourth-order valence-corrected chi connectivity index (χ4v) is 2.50. The highest BCUT2D eigenvalue weighted by molar-refractivity contribution is 5.80. The van der Waals surface area contributed by atoms with E-state index in [0.717, 1.165) is 43.6 Å². The number of carbonyl (C=O) groups is 1. The third-order valence-electron chi connectivity index (χ3n) is 3.64. The molecule has 0 amide bonds. The van der Waals surface area contributed by atoms with Crippen LogP contribution >= 0.6 is 0 Å². The van der Waals surface area contributed by atoms with Crippen LogP contribution in [-0.4, -0.2) is 24.4 Å². The minimum absolute atomic E-state index is 0.238. The summed E-state index contributed by atoms with van der Waals surface area (Å²) in [6.45, 7) is 1.85. The lowest BCUT2D eigenvalue weighted by molar-refractivity contribution is -0.111. The summed E-state index contributed by atoms with van der Waals surface area (Å²) in [5.74, 6) is 1.26. The number of hydrogen-bond acceptors (Lipinski definition) is 3. The van der Waals surface area contributed by atoms with Crippen LogP contribution in [0.3, 0.4) is 0 Å². The number of aromatic nitrogens is 1. The van der Waals surface area contributed by atoms with E-state index in [4.69, 9.17) is 0 Å². The van der Waals surface area contributed by atoms with Crippen LogP contribution in [0.2, 0.25) is 0 Å². The predicted octanol–water partition coefficient (Wildman–Crippen LogP) is 2.65. The summed E-state index contributed by atoms with van der Waals surface area (Å²) in [5.41, 5.74) is 1.03. The lowest BCUT2D eigenvalue weighted by atomic mass is 9.99. The van der Waals surface area contributed by atoms with E-state index < -0.39 is 0 Å². The van der Waals surface area contributed by atoms with Crippen molar-refractivity contribution in [3.63, 3.8) is 0 Å². The molecular weight excluding hydrogens is 224 g/mol. The molecule has 2 heterocycles. The van der Waals surface area contributed by atoms with Crippen LogP contribution in [-0.2, 0) is 4.79 Å². The fraction of sp³-hybridized carbons (Fsp3) is 0.333. The molecule has 0 saturated carbocycles. The molecule has 3 rings (SSSR count). The highest BCUT2D eigenvalue weighted by atomic mass is 16.1. The largest absolute Gasteiger partial charge is 0.357 e. The number of para-hydroxylation sites is 1. The van der Waals surface area contributed by atoms with Gasteiger partial charge in [-0.05, 0) is 31.0 Å². The van der Waals surface area contributed by atoms with Crippen LogP contribution < -0.4 is 4.90 Å². The number of benzene rings is 1. The maximum atomic E-state index is 10.7. The Hall–Kier alpha value is -1.90. The average Bonchev–Trinajstić information content (AvgIpc) is 2.47. The number of rotatable bonds is 2. The van der Waals surface area contributed by atoms with Gasteiger partial charge >= 0.3 is 0 Å². The first-order valence-corrected chi connectivity index (χ1v) is 6.43. The number of carbonyl (C=O) groups excluding carboxylic acids is 1. The zero-order chi connectivity index (χ0) is 12.4. The van der Waals surface area contributed by atoms with Gasteiger partial charge in [0.1, 0.15) is 12.1 Å². The van der Waals surface area contributed by atoms with E-state index in [9.17, 15) is 4.79 Å². The Labute approximate surface area is 106 Å². The summed E-state index contributed by atoms with van der Waals surface area (Å²) in [7, 11) is 0. The molecule has 0 unspecified atom stereocenters. The van der Waals surface area contributed by atoms with Gasteiger partial charge in [-0.2, -0.15) is 0 Å². The van der Waals surface area contributed by atoms with Crippen molar-refractivity contribution in [3.05, 3.63) is 36.4 Å². The first-order valence-electron chi connectivity index (χ1n) is 6.43. The maximum absolute atomic E-state index is 10.7. The quantitative estimate of drug-likeness (QED) is 0.757. The Morgan fingerprint density at radius 2 is 1.89 bits per heavy atom. The van der Waals surface area contributed by atoms with Gasteiger partial charge in [-0.15, -0.1) is 0 Å². The molecule has 92 valence electrons. The lowest BCUT2D eigenvalue weighted by Gasteiger charge is -2.30. The molecule has 0 atom stereocenters. The van der Waals surface area contributed by atoms with Crippen molar-refractivity contribution in [1.82, 2.24) is 4.98 Å². The summed E-state index contributed by atoms with van der Waals surface area (Å²) in [5, 5.41) is 1.17. The molecular formula is C15H16N2O. The average molecular weight is 240 g/mol. The summed E-state index contributed by atoms with van der Waals surface area (Å²) in [4.78, 5) is 17.7. The smallest absolute Gasteiger partial charge is 0.129 e. The number of hydrogen-bond donors (Lipinski definition) is 0. The molecule has 3 nitrogen and oxygen atoms in total. The van der Waals surface area contributed by atoms with E-state index >= 15 is 0 Å². The van der Waals surface area contributed by atoms with Gasteiger partial charge in [-0.3, -0.25) is 0 Å². The summed E-state index contributed by atoms with van der Waals surface area (Å²) < 4.78 is 0. The maximum Gasteiger partial charge on any atom is 0.129 e. The van der Waals surface area contributed by atoms with E-state index in [0.29, 0.717) is 0 Å². The van der Waals surface area contributed by atoms with Crippen molar-refractivity contribution in [2.45, 2.75) is 12.8 Å². The standard InChI is InChI=1S/C15H16N2O/c18-11-12-7-9-17(10-8-12)15-6-5-13-3-1-2-4-14(13)16-15/h1-6,11-12H,7-10H2. The SMILES string of the molecule is O=CC1CCN(c2ccc3ccccc3n2)CC1. The molecule has 1 aromatic heterocycles. The summed E-state index contributed by atoms with van der Waals surface area (Å²) in [6.07, 6.45) is 2.97. The predicted molar refractivity (Wildman–Crippen MR) is 72.7 cm³/mol. The molecule has 2 aromatic rings. The van der Waals surface area contributed by atoms with Gasteiger partial charge in [-0.25, -0.2) is 4.98 Å². The van der Waals surface area contributed by atoms with Gasteiger partial charge in [0.05, 0.1) is 5.52 Å². The van der Waals surface area contributed by atoms with E-state index in [2.05, 4.69) is 28.1 Å². The molecule has 1 saturated heterocycles. The van der Waals surface area contributed by atoms with Crippen molar-refractivity contribution in [3.8, 4) is 0 Å². The number of anilines is 1. The second-order valence-corrected chi connectivity index (χ2v) is 4.82. The second kappa shape index (κ2) is 4.77. The van der Waals surface area contributed by atoms with Crippen LogP contribution in [0, 0.1) is 5.92 Å². The third-order valence-corrected chi connectivity index (χ3v) is 3.64. The monoisotopic (exact) mass is 240 g/mol. The highest BCUT2D eigenvalue weighted by Crippen LogP contribution is 2.22. The fourth-order valence-electron chi connectivity index (χ4n) is 2.50. The number of pyridine rings is 1. The zero-order valence-electron chi connectivity index (χ0n) is 10.2. The van der Waals surface area contributed by atoms with Gasteiger partial charge in [0.2, 0.25) is 0 Å². The Morgan fingerprint density at radius 3 is 2.67 bits per heavy atom. The van der Waals surface area contributed by atoms with Crippen LogP contribution in [0.1, 0.15) is 12.8 Å². The van der Waals surface area contributed by atoms with E-state index in [1.165, 1.54) is 5.39 Å². The van der Waals surface area contributed by atoms with Crippen molar-refractivity contribution < 1.29 is 4.79 Å². The number of nitrogens with zero attached hydrogens (tertiary/aromatic N) is 2. The summed E-state index contributed by atoms with van der Waals surface area (Å²) in [6, 6.07) is 12.3. The minimum Gasteiger partial charge on any atom is -0.357 e. The van der Waals surface area contributed by atoms with Crippen molar-refractivity contribution >= 4 is 23.0 Å². The minimum atomic E-state index is 0.238. The third kappa shape index (κ3) is 2.08. The molecule has 1 aromatic carbocycles. The Bertz CT molecular complexity index is 559. The molecule has 18 heavy (non-hydrogen) atoms. The van der Waals surface area contributed by atoms with Crippen LogP contribution in [0.15, 0.2) is 36.4 Å². The normalized spacial score (nSPS) is 17.0. The molecule has 1 aliphatic rings. The van der Waals surface area contributed by atoms with Crippen LogP contribution in [0.5, 0.6) is 0 Å². The molecule has 0 spiro atoms. The number of fused-ring (bicyclic) bond motifs is 1. The number of aldehydes is 1. The van der Waals surface area contributed by atoms with Gasteiger partial charge < -0.3 is 9.69 Å². The zero-order valence-corrected chi connectivity index (χ0v) is 10.2. The molecule has 0 bridgehead atoms. The van der Waals surface area contributed by atoms with Crippen molar-refractivity contribution in [2.75, 3.05) is 18.0 Å². The Balaban J connectivity index is 1.84. The van der Waals surface area contributed by atoms with Crippen LogP contribution in [0.4, 0.5) is 5.82 Å². The van der Waals surface area contributed by atoms with E-state index in [-0.39, 0.29) is 5.92 Å². The topological polar surface area (TPSA) is 33.2 Å². The van der Waals surface area contributed by atoms with Crippen molar-refractivity contribution in [2.24, 2.45) is 5.92 Å². The first-order chi connectivity index (χ1) is 8.86. The van der Waals surface area contributed by atoms with E-state index in [1.807, 2.05) is 18.2 Å². The molecule has 0 N–H and O–H groups in total. The van der Waals surface area contributed by atoms with Gasteiger partial charge in [0.15, 0.2) is 0 Å². The first kappa shape index (κ1) is 11.2. The molecule has 3 heteroatoms. The number of piperidine rings is 1. The summed E-state index contributed by atoms with van der Waals surface area (Å²) >= 11 is 0.